The van der Waals surface area contributed by atoms with Gasteiger partial charge in [0.05, 0.1) is 6.20 Å². The lowest BCUT2D eigenvalue weighted by Gasteiger charge is -2.06. The van der Waals surface area contributed by atoms with Crippen molar-refractivity contribution in [3.63, 3.8) is 0 Å². The summed E-state index contributed by atoms with van der Waals surface area (Å²) in [6, 6.07) is 5.54. The summed E-state index contributed by atoms with van der Waals surface area (Å²) in [6.45, 7) is 0.380. The molecule has 0 aliphatic carbocycles. The lowest BCUT2D eigenvalue weighted by atomic mass is 10.3. The SMILES string of the molecule is Clc1ncccc1COc1cncc(Br)c1. The number of nitrogens with zero attached hydrogens (tertiary/aromatic N) is 2. The third-order valence-electron chi connectivity index (χ3n) is 1.91. The van der Waals surface area contributed by atoms with Crippen LogP contribution in [0.5, 0.6) is 5.75 Å². The molecule has 5 heteroatoms. The zero-order chi connectivity index (χ0) is 11.4. The topological polar surface area (TPSA) is 35.0 Å². The molecule has 2 aromatic heterocycles. The first-order chi connectivity index (χ1) is 7.75. The molecule has 0 N–H and O–H groups in total. The molecule has 0 aliphatic heterocycles. The van der Waals surface area contributed by atoms with Crippen molar-refractivity contribution in [2.45, 2.75) is 6.61 Å². The minimum atomic E-state index is 0.380. The molecule has 82 valence electrons. The molecule has 0 bridgehead atoms. The molecule has 3 nitrogen and oxygen atoms in total. The number of pyridine rings is 2. The summed E-state index contributed by atoms with van der Waals surface area (Å²) in [7, 11) is 0. The maximum Gasteiger partial charge on any atom is 0.139 e. The molecule has 2 heterocycles. The summed E-state index contributed by atoms with van der Waals surface area (Å²) >= 11 is 9.23. The third-order valence-corrected chi connectivity index (χ3v) is 2.68. The quantitative estimate of drug-likeness (QED) is 0.814. The van der Waals surface area contributed by atoms with Gasteiger partial charge in [0.15, 0.2) is 0 Å². The van der Waals surface area contributed by atoms with Gasteiger partial charge in [-0.2, -0.15) is 0 Å². The predicted molar refractivity (Wildman–Crippen MR) is 65.5 cm³/mol. The molecule has 0 saturated heterocycles. The Balaban J connectivity index is 2.05. The van der Waals surface area contributed by atoms with Crippen LogP contribution < -0.4 is 4.74 Å². The number of rotatable bonds is 3. The second-order valence-corrected chi connectivity index (χ2v) is 4.35. The Labute approximate surface area is 107 Å². The van der Waals surface area contributed by atoms with E-state index in [1.54, 1.807) is 18.6 Å². The lowest BCUT2D eigenvalue weighted by molar-refractivity contribution is 0.304. The van der Waals surface area contributed by atoms with E-state index in [9.17, 15) is 0 Å². The van der Waals surface area contributed by atoms with Gasteiger partial charge in [-0.25, -0.2) is 4.98 Å². The maximum absolute atomic E-state index is 5.91. The highest BCUT2D eigenvalue weighted by Gasteiger charge is 2.01. The van der Waals surface area contributed by atoms with Crippen LogP contribution in [0.15, 0.2) is 41.3 Å². The third kappa shape index (κ3) is 2.93. The first-order valence-corrected chi connectivity index (χ1v) is 5.75. The molecule has 0 radical (unpaired) electrons. The first kappa shape index (κ1) is 11.4. The fraction of sp³-hybridized carbons (Fsp3) is 0.0909. The Kier molecular flexibility index (Phi) is 3.74. The Hall–Kier alpha value is -1.13. The van der Waals surface area contributed by atoms with E-state index in [1.165, 1.54) is 0 Å². The van der Waals surface area contributed by atoms with Gasteiger partial charge in [0.25, 0.3) is 0 Å². The van der Waals surface area contributed by atoms with Crippen molar-refractivity contribution >= 4 is 27.5 Å². The minimum Gasteiger partial charge on any atom is -0.487 e. The summed E-state index contributed by atoms with van der Waals surface area (Å²) in [5.74, 6) is 0.689. The monoisotopic (exact) mass is 298 g/mol. The van der Waals surface area contributed by atoms with Gasteiger partial charge in [0.2, 0.25) is 0 Å². The molecule has 0 aromatic carbocycles. The summed E-state index contributed by atoms with van der Waals surface area (Å²) in [5, 5.41) is 0.463. The van der Waals surface area contributed by atoms with E-state index in [0.717, 1.165) is 10.0 Å². The normalized spacial score (nSPS) is 10.1. The van der Waals surface area contributed by atoms with E-state index >= 15 is 0 Å². The van der Waals surface area contributed by atoms with Crippen LogP contribution in [0.4, 0.5) is 0 Å². The average Bonchev–Trinajstić information content (AvgIpc) is 2.28. The Morgan fingerprint density at radius 3 is 3.00 bits per heavy atom. The zero-order valence-electron chi connectivity index (χ0n) is 8.23. The molecule has 0 spiro atoms. The molecule has 2 rings (SSSR count). The van der Waals surface area contributed by atoms with Gasteiger partial charge in [0.1, 0.15) is 17.5 Å². The van der Waals surface area contributed by atoms with Gasteiger partial charge in [-0.05, 0) is 28.1 Å². The molecule has 0 aliphatic rings. The number of halogens is 2. The fourth-order valence-corrected chi connectivity index (χ4v) is 1.68. The Morgan fingerprint density at radius 2 is 2.25 bits per heavy atom. The molecule has 0 atom stereocenters. The van der Waals surface area contributed by atoms with Gasteiger partial charge < -0.3 is 4.74 Å². The molecule has 2 aromatic rings. The lowest BCUT2D eigenvalue weighted by Crippen LogP contribution is -1.97. The van der Waals surface area contributed by atoms with Gasteiger partial charge in [-0.15, -0.1) is 0 Å². The van der Waals surface area contributed by atoms with Crippen molar-refractivity contribution in [3.8, 4) is 5.75 Å². The average molecular weight is 300 g/mol. The van der Waals surface area contributed by atoms with Gasteiger partial charge in [-0.1, -0.05) is 17.7 Å². The summed E-state index contributed by atoms with van der Waals surface area (Å²) < 4.78 is 6.41. The second-order valence-electron chi connectivity index (χ2n) is 3.08. The van der Waals surface area contributed by atoms with Crippen molar-refractivity contribution in [1.29, 1.82) is 0 Å². The second kappa shape index (κ2) is 5.27. The van der Waals surface area contributed by atoms with E-state index < -0.39 is 0 Å². The van der Waals surface area contributed by atoms with Gasteiger partial charge in [0, 0.05) is 22.4 Å². The summed E-state index contributed by atoms with van der Waals surface area (Å²) in [5.41, 5.74) is 0.851. The van der Waals surface area contributed by atoms with Crippen LogP contribution in [0, 0.1) is 0 Å². The van der Waals surface area contributed by atoms with Crippen molar-refractivity contribution < 1.29 is 4.74 Å². The van der Waals surface area contributed by atoms with Crippen LogP contribution in [0.3, 0.4) is 0 Å². The Morgan fingerprint density at radius 1 is 1.38 bits per heavy atom. The van der Waals surface area contributed by atoms with Crippen LogP contribution >= 0.6 is 27.5 Å². The van der Waals surface area contributed by atoms with Crippen molar-refractivity contribution in [3.05, 3.63) is 52.0 Å². The van der Waals surface area contributed by atoms with Crippen LogP contribution in [0.25, 0.3) is 0 Å². The van der Waals surface area contributed by atoms with Crippen LogP contribution in [-0.4, -0.2) is 9.97 Å². The van der Waals surface area contributed by atoms with Crippen molar-refractivity contribution in [2.24, 2.45) is 0 Å². The fourth-order valence-electron chi connectivity index (χ4n) is 1.16. The molecule has 0 unspecified atom stereocenters. The van der Waals surface area contributed by atoms with Crippen LogP contribution in [-0.2, 0) is 6.61 Å². The van der Waals surface area contributed by atoms with E-state index in [2.05, 4.69) is 25.9 Å². The van der Waals surface area contributed by atoms with Crippen molar-refractivity contribution in [2.75, 3.05) is 0 Å². The van der Waals surface area contributed by atoms with Gasteiger partial charge in [-0.3, -0.25) is 4.98 Å². The highest BCUT2D eigenvalue weighted by molar-refractivity contribution is 9.10. The molecule has 16 heavy (non-hydrogen) atoms. The Bertz CT molecular complexity index is 493. The van der Waals surface area contributed by atoms with E-state index in [0.29, 0.717) is 17.5 Å². The van der Waals surface area contributed by atoms with E-state index in [4.69, 9.17) is 16.3 Å². The molecule has 0 fully saturated rings. The highest BCUT2D eigenvalue weighted by Crippen LogP contribution is 2.18. The van der Waals surface area contributed by atoms with Crippen LogP contribution in [0.2, 0.25) is 5.15 Å². The van der Waals surface area contributed by atoms with E-state index in [1.807, 2.05) is 18.2 Å². The zero-order valence-corrected chi connectivity index (χ0v) is 10.6. The van der Waals surface area contributed by atoms with Crippen molar-refractivity contribution in [1.82, 2.24) is 9.97 Å². The number of hydrogen-bond acceptors (Lipinski definition) is 3. The standard InChI is InChI=1S/C11H8BrClN2O/c12-9-4-10(6-14-5-9)16-7-8-2-1-3-15-11(8)13/h1-6H,7H2. The van der Waals surface area contributed by atoms with Crippen LogP contribution in [0.1, 0.15) is 5.56 Å². The summed E-state index contributed by atoms with van der Waals surface area (Å²) in [4.78, 5) is 7.97. The molecular formula is C11H8BrClN2O. The highest BCUT2D eigenvalue weighted by atomic mass is 79.9. The van der Waals surface area contributed by atoms with E-state index in [-0.39, 0.29) is 0 Å². The molecular weight excluding hydrogens is 291 g/mol. The van der Waals surface area contributed by atoms with Gasteiger partial charge >= 0.3 is 0 Å². The first-order valence-electron chi connectivity index (χ1n) is 4.58. The number of aromatic nitrogens is 2. The maximum atomic E-state index is 5.91. The minimum absolute atomic E-state index is 0.380. The largest absolute Gasteiger partial charge is 0.487 e. The smallest absolute Gasteiger partial charge is 0.139 e. The summed E-state index contributed by atoms with van der Waals surface area (Å²) in [6.07, 6.45) is 4.99. The number of ether oxygens (including phenoxy) is 1. The molecule has 0 saturated carbocycles. The number of hydrogen-bond donors (Lipinski definition) is 0. The molecule has 0 amide bonds. The predicted octanol–water partition coefficient (Wildman–Crippen LogP) is 3.47.